The van der Waals surface area contributed by atoms with Gasteiger partial charge in [0.15, 0.2) is 0 Å². The van der Waals surface area contributed by atoms with Gasteiger partial charge in [-0.05, 0) is 6.42 Å². The predicted molar refractivity (Wildman–Crippen MR) is 41.3 cm³/mol. The number of thiol groups is 1. The lowest BCUT2D eigenvalue weighted by molar-refractivity contribution is -0.119. The fraction of sp³-hybridized carbons (Fsp3) is 0.833. The number of hydrogen-bond acceptors (Lipinski definition) is 2. The van der Waals surface area contributed by atoms with Crippen LogP contribution in [0.4, 0.5) is 0 Å². The SMILES string of the molecule is CCCCCC(=O)NS. The van der Waals surface area contributed by atoms with E-state index in [4.69, 9.17) is 0 Å². The molecular formula is C6H13NOS. The summed E-state index contributed by atoms with van der Waals surface area (Å²) in [4.78, 5) is 10.5. The third kappa shape index (κ3) is 5.69. The molecule has 0 radical (unpaired) electrons. The van der Waals surface area contributed by atoms with Crippen LogP contribution in [0.5, 0.6) is 0 Å². The standard InChI is InChI=1S/C6H13NOS/c1-2-3-4-5-6(8)7-9/h9H,2-5H2,1H3,(H,7,8). The molecule has 0 bridgehead atoms. The highest BCUT2D eigenvalue weighted by Gasteiger charge is 1.94. The Morgan fingerprint density at radius 2 is 2.22 bits per heavy atom. The number of carbonyl (C=O) groups is 1. The van der Waals surface area contributed by atoms with Crippen LogP contribution >= 0.6 is 12.8 Å². The normalized spacial score (nSPS) is 9.11. The van der Waals surface area contributed by atoms with Crippen LogP contribution < -0.4 is 4.72 Å². The lowest BCUT2D eigenvalue weighted by Crippen LogP contribution is -2.11. The van der Waals surface area contributed by atoms with E-state index in [1.54, 1.807) is 0 Å². The highest BCUT2D eigenvalue weighted by atomic mass is 32.1. The van der Waals surface area contributed by atoms with E-state index >= 15 is 0 Å². The van der Waals surface area contributed by atoms with Crippen LogP contribution in [0.1, 0.15) is 32.6 Å². The summed E-state index contributed by atoms with van der Waals surface area (Å²) in [7, 11) is 0. The minimum absolute atomic E-state index is 0.0202. The van der Waals surface area contributed by atoms with Crippen molar-refractivity contribution in [1.82, 2.24) is 4.72 Å². The first-order valence-corrected chi connectivity index (χ1v) is 3.69. The van der Waals surface area contributed by atoms with E-state index in [1.807, 2.05) is 0 Å². The number of amides is 1. The van der Waals surface area contributed by atoms with Crippen molar-refractivity contribution in [2.45, 2.75) is 32.6 Å². The zero-order valence-corrected chi connectivity index (χ0v) is 6.58. The van der Waals surface area contributed by atoms with Gasteiger partial charge in [0, 0.05) is 6.42 Å². The molecule has 9 heavy (non-hydrogen) atoms. The van der Waals surface area contributed by atoms with Crippen molar-refractivity contribution >= 4 is 18.7 Å². The third-order valence-electron chi connectivity index (χ3n) is 1.13. The van der Waals surface area contributed by atoms with Gasteiger partial charge in [-0.25, -0.2) is 0 Å². The Balaban J connectivity index is 2.97. The molecule has 0 unspecified atom stereocenters. The second-order valence-corrected chi connectivity index (χ2v) is 2.22. The van der Waals surface area contributed by atoms with E-state index in [0.717, 1.165) is 19.3 Å². The Bertz CT molecular complexity index is 85.1. The predicted octanol–water partition coefficient (Wildman–Crippen LogP) is 1.53. The molecule has 3 heteroatoms. The number of rotatable bonds is 4. The van der Waals surface area contributed by atoms with Crippen molar-refractivity contribution in [3.8, 4) is 0 Å². The van der Waals surface area contributed by atoms with Crippen molar-refractivity contribution in [1.29, 1.82) is 0 Å². The molecule has 0 aromatic heterocycles. The van der Waals surface area contributed by atoms with E-state index in [-0.39, 0.29) is 5.91 Å². The van der Waals surface area contributed by atoms with Crippen LogP contribution in [-0.2, 0) is 4.79 Å². The Labute approximate surface area is 61.6 Å². The largest absolute Gasteiger partial charge is 0.303 e. The first-order valence-electron chi connectivity index (χ1n) is 3.24. The van der Waals surface area contributed by atoms with Gasteiger partial charge >= 0.3 is 0 Å². The Morgan fingerprint density at radius 3 is 2.67 bits per heavy atom. The zero-order chi connectivity index (χ0) is 7.11. The second kappa shape index (κ2) is 5.95. The summed E-state index contributed by atoms with van der Waals surface area (Å²) in [5, 5.41) is 0. The third-order valence-corrected chi connectivity index (χ3v) is 1.38. The van der Waals surface area contributed by atoms with Crippen molar-refractivity contribution in [3.63, 3.8) is 0 Å². The zero-order valence-electron chi connectivity index (χ0n) is 5.68. The maximum absolute atomic E-state index is 10.5. The molecule has 0 aliphatic heterocycles. The van der Waals surface area contributed by atoms with Crippen LogP contribution in [0.15, 0.2) is 0 Å². The molecule has 0 aliphatic carbocycles. The summed E-state index contributed by atoms with van der Waals surface area (Å²) >= 11 is 3.62. The van der Waals surface area contributed by atoms with E-state index < -0.39 is 0 Å². The lowest BCUT2D eigenvalue weighted by atomic mass is 10.2. The van der Waals surface area contributed by atoms with Gasteiger partial charge < -0.3 is 4.72 Å². The molecule has 0 spiro atoms. The molecule has 1 amide bonds. The average molecular weight is 147 g/mol. The van der Waals surface area contributed by atoms with E-state index in [2.05, 4.69) is 24.5 Å². The molecule has 0 atom stereocenters. The van der Waals surface area contributed by atoms with Crippen molar-refractivity contribution in [2.75, 3.05) is 0 Å². The molecule has 0 rings (SSSR count). The monoisotopic (exact) mass is 147 g/mol. The summed E-state index contributed by atoms with van der Waals surface area (Å²) in [6, 6.07) is 0. The van der Waals surface area contributed by atoms with Gasteiger partial charge in [-0.3, -0.25) is 4.79 Å². The molecule has 0 fully saturated rings. The first kappa shape index (κ1) is 8.82. The first-order chi connectivity index (χ1) is 4.31. The molecule has 0 saturated heterocycles. The highest BCUT2D eigenvalue weighted by molar-refractivity contribution is 7.78. The quantitative estimate of drug-likeness (QED) is 0.458. The smallest absolute Gasteiger partial charge is 0.229 e. The molecule has 0 aromatic rings. The van der Waals surface area contributed by atoms with Crippen LogP contribution in [0.3, 0.4) is 0 Å². The van der Waals surface area contributed by atoms with Gasteiger partial charge in [0.1, 0.15) is 0 Å². The van der Waals surface area contributed by atoms with Crippen molar-refractivity contribution < 1.29 is 4.79 Å². The van der Waals surface area contributed by atoms with E-state index in [9.17, 15) is 4.79 Å². The summed E-state index contributed by atoms with van der Waals surface area (Å²) in [5.74, 6) is 0.0202. The second-order valence-electron chi connectivity index (χ2n) is 1.99. The lowest BCUT2D eigenvalue weighted by Gasteiger charge is -1.95. The maximum atomic E-state index is 10.5. The fourth-order valence-corrected chi connectivity index (χ4v) is 0.703. The van der Waals surface area contributed by atoms with Gasteiger partial charge in [0.25, 0.3) is 0 Å². The fourth-order valence-electron chi connectivity index (χ4n) is 0.591. The molecule has 0 saturated carbocycles. The van der Waals surface area contributed by atoms with E-state index in [0.29, 0.717) is 6.42 Å². The summed E-state index contributed by atoms with van der Waals surface area (Å²) in [6.07, 6.45) is 3.86. The summed E-state index contributed by atoms with van der Waals surface area (Å²) in [5.41, 5.74) is 0. The Hall–Kier alpha value is -0.180. The Kier molecular flexibility index (Phi) is 5.83. The van der Waals surface area contributed by atoms with Gasteiger partial charge in [-0.1, -0.05) is 32.6 Å². The maximum Gasteiger partial charge on any atom is 0.229 e. The molecule has 0 aliphatic rings. The van der Waals surface area contributed by atoms with Crippen molar-refractivity contribution in [2.24, 2.45) is 0 Å². The van der Waals surface area contributed by atoms with Gasteiger partial charge in [-0.2, -0.15) is 0 Å². The van der Waals surface area contributed by atoms with Crippen LogP contribution in [0.2, 0.25) is 0 Å². The van der Waals surface area contributed by atoms with Crippen LogP contribution in [0, 0.1) is 0 Å². The van der Waals surface area contributed by atoms with E-state index in [1.165, 1.54) is 0 Å². The molecule has 54 valence electrons. The molecule has 0 aromatic carbocycles. The molecule has 0 heterocycles. The van der Waals surface area contributed by atoms with Crippen molar-refractivity contribution in [3.05, 3.63) is 0 Å². The van der Waals surface area contributed by atoms with Crippen LogP contribution in [0.25, 0.3) is 0 Å². The number of nitrogens with one attached hydrogen (secondary N) is 1. The number of hydrogen-bond donors (Lipinski definition) is 2. The summed E-state index contributed by atoms with van der Waals surface area (Å²) in [6.45, 7) is 2.11. The Morgan fingerprint density at radius 1 is 1.56 bits per heavy atom. The minimum atomic E-state index is 0.0202. The number of carbonyl (C=O) groups excluding carboxylic acids is 1. The minimum Gasteiger partial charge on any atom is -0.303 e. The molecular weight excluding hydrogens is 134 g/mol. The molecule has 1 N–H and O–H groups in total. The van der Waals surface area contributed by atoms with Gasteiger partial charge in [0.2, 0.25) is 5.91 Å². The topological polar surface area (TPSA) is 29.1 Å². The van der Waals surface area contributed by atoms with Gasteiger partial charge in [-0.15, -0.1) is 0 Å². The number of unbranched alkanes of at least 4 members (excludes halogenated alkanes) is 2. The highest BCUT2D eigenvalue weighted by Crippen LogP contribution is 1.97. The molecule has 2 nitrogen and oxygen atoms in total. The average Bonchev–Trinajstić information content (AvgIpc) is 1.89. The van der Waals surface area contributed by atoms with Gasteiger partial charge in [0.05, 0.1) is 0 Å². The van der Waals surface area contributed by atoms with Crippen LogP contribution in [-0.4, -0.2) is 5.91 Å². The summed E-state index contributed by atoms with van der Waals surface area (Å²) < 4.78 is 2.28.